The smallest absolute Gasteiger partial charge is 0.407 e. The number of nitrogens with one attached hydrogen (secondary N) is 3. The predicted molar refractivity (Wildman–Crippen MR) is 119 cm³/mol. The van der Waals surface area contributed by atoms with E-state index < -0.39 is 6.09 Å². The van der Waals surface area contributed by atoms with Crippen LogP contribution in [0.25, 0.3) is 10.9 Å². The van der Waals surface area contributed by atoms with Crippen molar-refractivity contribution in [1.82, 2.24) is 15.3 Å². The Kier molecular flexibility index (Phi) is 6.59. The molecule has 1 amide bonds. The molecule has 7 heteroatoms. The van der Waals surface area contributed by atoms with Gasteiger partial charge in [0.2, 0.25) is 5.95 Å². The van der Waals surface area contributed by atoms with Crippen LogP contribution in [0.5, 0.6) is 0 Å². The van der Waals surface area contributed by atoms with E-state index in [1.165, 1.54) is 25.7 Å². The molecule has 0 spiro atoms. The molecule has 0 bridgehead atoms. The molecule has 156 valence electrons. The molecule has 2 aromatic carbocycles. The van der Waals surface area contributed by atoms with Crippen molar-refractivity contribution < 1.29 is 9.53 Å². The first-order valence-corrected chi connectivity index (χ1v) is 10.5. The zero-order chi connectivity index (χ0) is 20.6. The number of amides is 1. The molecule has 30 heavy (non-hydrogen) atoms. The molecule has 1 heterocycles. The Bertz CT molecular complexity index is 974. The summed E-state index contributed by atoms with van der Waals surface area (Å²) < 4.78 is 5.21. The highest BCUT2D eigenvalue weighted by Gasteiger charge is 2.17. The highest BCUT2D eigenvalue weighted by molar-refractivity contribution is 5.90. The molecular formula is C23H27N5O2. The Balaban J connectivity index is 1.29. The fourth-order valence-corrected chi connectivity index (χ4v) is 3.64. The molecule has 1 fully saturated rings. The van der Waals surface area contributed by atoms with Gasteiger partial charge in [-0.2, -0.15) is 4.98 Å². The number of hydrogen-bond donors (Lipinski definition) is 3. The number of alkyl carbamates (subject to hydrolysis) is 1. The molecule has 1 aliphatic rings. The van der Waals surface area contributed by atoms with Crippen LogP contribution in [0, 0.1) is 0 Å². The lowest BCUT2D eigenvalue weighted by molar-refractivity contribution is 0.140. The zero-order valence-corrected chi connectivity index (χ0v) is 16.9. The van der Waals surface area contributed by atoms with Gasteiger partial charge < -0.3 is 20.7 Å². The third-order valence-corrected chi connectivity index (χ3v) is 5.19. The Morgan fingerprint density at radius 2 is 1.73 bits per heavy atom. The standard InChI is InChI=1S/C23H27N5O2/c29-23(30-16-17-8-2-1-3-9-17)25-15-14-24-22-27-20-13-7-6-12-19(20)21(28-22)26-18-10-4-5-11-18/h1-3,6-9,12-13,18H,4-5,10-11,14-16H2,(H,25,29)(H2,24,26,27,28). The average Bonchev–Trinajstić information content (AvgIpc) is 3.29. The Morgan fingerprint density at radius 1 is 0.967 bits per heavy atom. The molecule has 4 rings (SSSR count). The van der Waals surface area contributed by atoms with Crippen LogP contribution in [0.4, 0.5) is 16.6 Å². The topological polar surface area (TPSA) is 88.2 Å². The fraction of sp³-hybridized carbons (Fsp3) is 0.348. The van der Waals surface area contributed by atoms with Gasteiger partial charge in [0, 0.05) is 24.5 Å². The number of carbonyl (C=O) groups is 1. The number of benzene rings is 2. The first-order valence-electron chi connectivity index (χ1n) is 10.5. The lowest BCUT2D eigenvalue weighted by Gasteiger charge is -2.16. The van der Waals surface area contributed by atoms with E-state index in [-0.39, 0.29) is 6.61 Å². The summed E-state index contributed by atoms with van der Waals surface area (Å²) in [5, 5.41) is 10.5. The summed E-state index contributed by atoms with van der Waals surface area (Å²) in [5.74, 6) is 1.42. The van der Waals surface area contributed by atoms with Gasteiger partial charge in [0.15, 0.2) is 0 Å². The van der Waals surface area contributed by atoms with E-state index in [2.05, 4.69) is 25.9 Å². The quantitative estimate of drug-likeness (QED) is 0.484. The minimum Gasteiger partial charge on any atom is -0.445 e. The molecule has 3 N–H and O–H groups in total. The van der Waals surface area contributed by atoms with E-state index in [0.29, 0.717) is 25.1 Å². The third kappa shape index (κ3) is 5.37. The van der Waals surface area contributed by atoms with Crippen molar-refractivity contribution in [2.75, 3.05) is 23.7 Å². The number of rotatable bonds is 8. The second-order valence-electron chi connectivity index (χ2n) is 7.45. The van der Waals surface area contributed by atoms with Crippen LogP contribution in [0.3, 0.4) is 0 Å². The van der Waals surface area contributed by atoms with Crippen LogP contribution in [0.15, 0.2) is 54.6 Å². The van der Waals surface area contributed by atoms with Crippen molar-refractivity contribution in [2.24, 2.45) is 0 Å². The Hall–Kier alpha value is -3.35. The maximum Gasteiger partial charge on any atom is 0.407 e. The maximum atomic E-state index is 11.8. The van der Waals surface area contributed by atoms with Gasteiger partial charge in [-0.3, -0.25) is 0 Å². The summed E-state index contributed by atoms with van der Waals surface area (Å²) in [4.78, 5) is 21.1. The monoisotopic (exact) mass is 405 g/mol. The molecule has 0 atom stereocenters. The van der Waals surface area contributed by atoms with Gasteiger partial charge in [-0.15, -0.1) is 0 Å². The number of para-hydroxylation sites is 1. The van der Waals surface area contributed by atoms with Crippen molar-refractivity contribution >= 4 is 28.8 Å². The highest BCUT2D eigenvalue weighted by atomic mass is 16.5. The van der Waals surface area contributed by atoms with Gasteiger partial charge in [-0.05, 0) is 30.5 Å². The summed E-state index contributed by atoms with van der Waals surface area (Å²) in [6.07, 6.45) is 4.44. The molecule has 0 aliphatic heterocycles. The van der Waals surface area contributed by atoms with Crippen LogP contribution >= 0.6 is 0 Å². The van der Waals surface area contributed by atoms with E-state index in [1.807, 2.05) is 54.6 Å². The number of anilines is 2. The summed E-state index contributed by atoms with van der Waals surface area (Å²) in [5.41, 5.74) is 1.85. The molecule has 1 saturated carbocycles. The van der Waals surface area contributed by atoms with E-state index in [1.54, 1.807) is 0 Å². The number of carbonyl (C=O) groups excluding carboxylic acids is 1. The molecule has 1 aliphatic carbocycles. The third-order valence-electron chi connectivity index (χ3n) is 5.19. The lowest BCUT2D eigenvalue weighted by atomic mass is 10.2. The van der Waals surface area contributed by atoms with Crippen molar-refractivity contribution in [1.29, 1.82) is 0 Å². The molecule has 7 nitrogen and oxygen atoms in total. The zero-order valence-electron chi connectivity index (χ0n) is 16.9. The van der Waals surface area contributed by atoms with Crippen LogP contribution in [-0.2, 0) is 11.3 Å². The van der Waals surface area contributed by atoms with Crippen molar-refractivity contribution in [2.45, 2.75) is 38.3 Å². The van der Waals surface area contributed by atoms with E-state index in [9.17, 15) is 4.79 Å². The minimum absolute atomic E-state index is 0.254. The van der Waals surface area contributed by atoms with E-state index in [4.69, 9.17) is 4.74 Å². The Labute approximate surface area is 176 Å². The van der Waals surface area contributed by atoms with Crippen molar-refractivity contribution in [3.05, 3.63) is 60.2 Å². The summed E-state index contributed by atoms with van der Waals surface area (Å²) in [7, 11) is 0. The number of hydrogen-bond acceptors (Lipinski definition) is 6. The number of ether oxygens (including phenoxy) is 1. The molecular weight excluding hydrogens is 378 g/mol. The van der Waals surface area contributed by atoms with E-state index in [0.717, 1.165) is 22.3 Å². The Morgan fingerprint density at radius 3 is 2.57 bits per heavy atom. The predicted octanol–water partition coefficient (Wildman–Crippen LogP) is 4.32. The van der Waals surface area contributed by atoms with Crippen molar-refractivity contribution in [3.63, 3.8) is 0 Å². The van der Waals surface area contributed by atoms with Crippen molar-refractivity contribution in [3.8, 4) is 0 Å². The summed E-state index contributed by atoms with van der Waals surface area (Å²) >= 11 is 0. The van der Waals surface area contributed by atoms with Crippen LogP contribution in [0.1, 0.15) is 31.2 Å². The second kappa shape index (κ2) is 9.91. The SMILES string of the molecule is O=C(NCCNc1nc(NC2CCCC2)c2ccccc2n1)OCc1ccccc1. The average molecular weight is 406 g/mol. The first kappa shape index (κ1) is 19.9. The lowest BCUT2D eigenvalue weighted by Crippen LogP contribution is -2.29. The number of aromatic nitrogens is 2. The second-order valence-corrected chi connectivity index (χ2v) is 7.45. The molecule has 0 saturated heterocycles. The highest BCUT2D eigenvalue weighted by Crippen LogP contribution is 2.26. The molecule has 1 aromatic heterocycles. The normalized spacial score (nSPS) is 13.9. The summed E-state index contributed by atoms with van der Waals surface area (Å²) in [6.45, 7) is 1.17. The van der Waals surface area contributed by atoms with Crippen LogP contribution in [-0.4, -0.2) is 35.2 Å². The molecule has 3 aromatic rings. The van der Waals surface area contributed by atoms with Gasteiger partial charge in [0.1, 0.15) is 12.4 Å². The van der Waals surface area contributed by atoms with Crippen LogP contribution in [0.2, 0.25) is 0 Å². The number of nitrogens with zero attached hydrogens (tertiary/aromatic N) is 2. The minimum atomic E-state index is -0.441. The first-order chi connectivity index (χ1) is 14.8. The number of fused-ring (bicyclic) bond motifs is 1. The molecule has 0 unspecified atom stereocenters. The largest absolute Gasteiger partial charge is 0.445 e. The maximum absolute atomic E-state index is 11.8. The fourth-order valence-electron chi connectivity index (χ4n) is 3.64. The van der Waals surface area contributed by atoms with Gasteiger partial charge in [0.25, 0.3) is 0 Å². The van der Waals surface area contributed by atoms with Gasteiger partial charge >= 0.3 is 6.09 Å². The molecule has 0 radical (unpaired) electrons. The van der Waals surface area contributed by atoms with Gasteiger partial charge in [-0.1, -0.05) is 55.3 Å². The van der Waals surface area contributed by atoms with Gasteiger partial charge in [-0.25, -0.2) is 9.78 Å². The van der Waals surface area contributed by atoms with Gasteiger partial charge in [0.05, 0.1) is 5.52 Å². The van der Waals surface area contributed by atoms with E-state index >= 15 is 0 Å². The van der Waals surface area contributed by atoms with Crippen LogP contribution < -0.4 is 16.0 Å². The summed E-state index contributed by atoms with van der Waals surface area (Å²) in [6, 6.07) is 18.1.